The summed E-state index contributed by atoms with van der Waals surface area (Å²) in [5, 5.41) is 10.8. The highest BCUT2D eigenvalue weighted by molar-refractivity contribution is 7.48. The molecule has 1 aliphatic heterocycles. The number of nitrogen functional groups attached to an aromatic ring is 1. The molecule has 1 aromatic rings. The fourth-order valence-electron chi connectivity index (χ4n) is 3.01. The van der Waals surface area contributed by atoms with Crippen molar-refractivity contribution in [2.24, 2.45) is 0 Å². The fourth-order valence-corrected chi connectivity index (χ4v) is 4.27. The van der Waals surface area contributed by atoms with Crippen molar-refractivity contribution in [2.45, 2.75) is 57.4 Å². The molecule has 1 aromatic heterocycles. The molecule has 16 nitrogen and oxygen atoms in total. The number of hydrogen-bond donors (Lipinski definition) is 2. The average molecular weight is 606 g/mol. The highest BCUT2D eigenvalue weighted by atomic mass is 35.5. The molecular formula is C20H30ClFN3O13P. The summed E-state index contributed by atoms with van der Waals surface area (Å²) >= 11 is 5.96. The quantitative estimate of drug-likeness (QED) is 0.143. The van der Waals surface area contributed by atoms with Gasteiger partial charge < -0.3 is 34.5 Å². The summed E-state index contributed by atoms with van der Waals surface area (Å²) in [6, 6.07) is 1.12. The summed E-state index contributed by atoms with van der Waals surface area (Å²) in [5.74, 6) is -3.70. The van der Waals surface area contributed by atoms with Crippen LogP contribution in [0.4, 0.5) is 19.8 Å². The number of ether oxygens (including phenoxy) is 5. The van der Waals surface area contributed by atoms with Crippen molar-refractivity contribution in [1.82, 2.24) is 9.55 Å². The van der Waals surface area contributed by atoms with Gasteiger partial charge in [-0.2, -0.15) is 4.98 Å². The summed E-state index contributed by atoms with van der Waals surface area (Å²) in [5.41, 5.74) is 2.20. The van der Waals surface area contributed by atoms with Gasteiger partial charge in [0.25, 0.3) is 0 Å². The molecule has 0 aromatic carbocycles. The first kappa shape index (κ1) is 32.7. The molecular weight excluding hydrogens is 576 g/mol. The van der Waals surface area contributed by atoms with E-state index >= 15 is 4.39 Å². The Labute approximate surface area is 226 Å². The lowest BCUT2D eigenvalue weighted by Crippen LogP contribution is -2.55. The molecule has 39 heavy (non-hydrogen) atoms. The zero-order chi connectivity index (χ0) is 29.4. The standard InChI is InChI=1S/C20H30ClFN3O13P/c1-12(2)37-17(28)31-10-35-39(30,36-11-32-18(29)38-13(3)4)34-8-19(7-21)15(26)20(22,9-33-19)25-6-5-14(23)24-16(25)27/h5-6,12-13,15,26H,7-11H2,1-4H3,(H2,23,24,27)/t15-,19-,20+/m1/s1. The molecule has 0 saturated carbocycles. The number of carbonyl (C=O) groups is 2. The van der Waals surface area contributed by atoms with E-state index in [1.807, 2.05) is 0 Å². The topological polar surface area (TPSA) is 206 Å². The summed E-state index contributed by atoms with van der Waals surface area (Å²) in [4.78, 5) is 38.7. The Morgan fingerprint density at radius 1 is 1.21 bits per heavy atom. The largest absolute Gasteiger partial charge is 0.510 e. The third-order valence-corrected chi connectivity index (χ3v) is 6.58. The van der Waals surface area contributed by atoms with Crippen LogP contribution >= 0.6 is 19.4 Å². The lowest BCUT2D eigenvalue weighted by atomic mass is 9.95. The van der Waals surface area contributed by atoms with Gasteiger partial charge in [0, 0.05) is 6.20 Å². The van der Waals surface area contributed by atoms with Gasteiger partial charge in [-0.3, -0.25) is 9.09 Å². The van der Waals surface area contributed by atoms with Crippen molar-refractivity contribution in [1.29, 1.82) is 0 Å². The number of hydrogen-bond acceptors (Lipinski definition) is 15. The zero-order valence-electron chi connectivity index (χ0n) is 21.4. The number of rotatable bonds is 13. The van der Waals surface area contributed by atoms with Gasteiger partial charge in [0.2, 0.25) is 19.4 Å². The van der Waals surface area contributed by atoms with E-state index in [0.717, 1.165) is 12.3 Å². The summed E-state index contributed by atoms with van der Waals surface area (Å²) < 4.78 is 68.5. The van der Waals surface area contributed by atoms with Gasteiger partial charge in [-0.15, -0.1) is 11.6 Å². The maximum Gasteiger partial charge on any atom is 0.510 e. The van der Waals surface area contributed by atoms with Gasteiger partial charge in [0.05, 0.1) is 24.7 Å². The van der Waals surface area contributed by atoms with Gasteiger partial charge in [-0.05, 0) is 33.8 Å². The van der Waals surface area contributed by atoms with Crippen molar-refractivity contribution in [3.05, 3.63) is 22.7 Å². The first-order chi connectivity index (χ1) is 18.2. The lowest BCUT2D eigenvalue weighted by Gasteiger charge is -2.33. The molecule has 0 radical (unpaired) electrons. The highest BCUT2D eigenvalue weighted by Crippen LogP contribution is 2.52. The number of aliphatic hydroxyl groups is 1. The molecule has 1 aliphatic rings. The number of alkyl halides is 2. The molecule has 19 heteroatoms. The number of aromatic nitrogens is 2. The molecule has 1 fully saturated rings. The number of carbonyl (C=O) groups excluding carboxylic acids is 2. The first-order valence-electron chi connectivity index (χ1n) is 11.3. The number of aliphatic hydroxyl groups excluding tert-OH is 1. The molecule has 0 amide bonds. The highest BCUT2D eigenvalue weighted by Gasteiger charge is 2.61. The van der Waals surface area contributed by atoms with Crippen LogP contribution in [0.1, 0.15) is 27.7 Å². The van der Waals surface area contributed by atoms with E-state index in [1.165, 1.54) is 0 Å². The minimum atomic E-state index is -4.80. The molecule has 2 rings (SSSR count). The van der Waals surface area contributed by atoms with Crippen molar-refractivity contribution in [3.8, 4) is 0 Å². The maximum absolute atomic E-state index is 15.8. The van der Waals surface area contributed by atoms with Gasteiger partial charge in [0.15, 0.2) is 0 Å². The van der Waals surface area contributed by atoms with E-state index in [2.05, 4.69) is 14.5 Å². The lowest BCUT2D eigenvalue weighted by molar-refractivity contribution is -0.101. The third-order valence-electron chi connectivity index (χ3n) is 4.84. The van der Waals surface area contributed by atoms with Gasteiger partial charge in [-0.1, -0.05) is 0 Å². The van der Waals surface area contributed by atoms with Gasteiger partial charge >= 0.3 is 25.8 Å². The Balaban J connectivity index is 2.17. The molecule has 3 N–H and O–H groups in total. The molecule has 222 valence electrons. The van der Waals surface area contributed by atoms with Crippen LogP contribution in [0.3, 0.4) is 0 Å². The summed E-state index contributed by atoms with van der Waals surface area (Å²) in [7, 11) is -4.80. The van der Waals surface area contributed by atoms with Crippen LogP contribution in [0.15, 0.2) is 17.1 Å². The number of nitrogens with zero attached hydrogens (tertiary/aromatic N) is 2. The molecule has 0 aliphatic carbocycles. The number of phosphoric acid groups is 1. The minimum absolute atomic E-state index is 0.186. The summed E-state index contributed by atoms with van der Waals surface area (Å²) in [6.45, 7) is 2.32. The van der Waals surface area contributed by atoms with E-state index in [4.69, 9.17) is 45.1 Å². The molecule has 2 heterocycles. The smallest absolute Gasteiger partial charge is 0.432 e. The third kappa shape index (κ3) is 8.73. The van der Waals surface area contributed by atoms with Gasteiger partial charge in [0.1, 0.15) is 24.1 Å². The molecule has 0 unspecified atom stereocenters. The Morgan fingerprint density at radius 3 is 2.21 bits per heavy atom. The Kier molecular flexibility index (Phi) is 11.5. The second-order valence-corrected chi connectivity index (χ2v) is 10.5. The second kappa shape index (κ2) is 13.7. The van der Waals surface area contributed by atoms with E-state index in [1.54, 1.807) is 27.7 Å². The van der Waals surface area contributed by atoms with Crippen LogP contribution in [-0.2, 0) is 47.6 Å². The van der Waals surface area contributed by atoms with Crippen molar-refractivity contribution < 1.29 is 60.9 Å². The minimum Gasteiger partial charge on any atom is -0.432 e. The Hall–Kier alpha value is -2.53. The van der Waals surface area contributed by atoms with Crippen LogP contribution in [0, 0.1) is 0 Å². The van der Waals surface area contributed by atoms with E-state index < -0.39 is 88.2 Å². The Morgan fingerprint density at radius 2 is 1.74 bits per heavy atom. The van der Waals surface area contributed by atoms with Crippen LogP contribution in [0.25, 0.3) is 0 Å². The monoisotopic (exact) mass is 605 g/mol. The first-order valence-corrected chi connectivity index (χ1v) is 13.3. The van der Waals surface area contributed by atoms with Crippen molar-refractivity contribution in [2.75, 3.05) is 38.4 Å². The van der Waals surface area contributed by atoms with E-state index in [-0.39, 0.29) is 5.82 Å². The fraction of sp³-hybridized carbons (Fsp3) is 0.700. The number of halogens is 2. The molecule has 0 spiro atoms. The SMILES string of the molecule is CC(C)OC(=O)OCOP(=O)(OCOC(=O)OC(C)C)OC[C@@]1(CCl)OC[C@](F)(n2ccc(N)nc2=O)[C@@H]1O. The van der Waals surface area contributed by atoms with Crippen molar-refractivity contribution in [3.63, 3.8) is 0 Å². The average Bonchev–Trinajstić information content (AvgIpc) is 3.08. The van der Waals surface area contributed by atoms with Crippen molar-refractivity contribution >= 4 is 37.6 Å². The number of nitrogens with two attached hydrogens (primary N) is 1. The molecule has 1 saturated heterocycles. The maximum atomic E-state index is 15.8. The normalized spacial score (nSPS) is 23.2. The predicted molar refractivity (Wildman–Crippen MR) is 128 cm³/mol. The second-order valence-electron chi connectivity index (χ2n) is 8.55. The molecule has 0 bridgehead atoms. The molecule has 3 atom stereocenters. The van der Waals surface area contributed by atoms with Crippen LogP contribution < -0.4 is 11.4 Å². The number of anilines is 1. The van der Waals surface area contributed by atoms with Crippen LogP contribution in [0.2, 0.25) is 0 Å². The van der Waals surface area contributed by atoms with Crippen LogP contribution in [0.5, 0.6) is 0 Å². The number of phosphoric ester groups is 1. The van der Waals surface area contributed by atoms with Crippen LogP contribution in [-0.4, -0.2) is 83.6 Å². The predicted octanol–water partition coefficient (Wildman–Crippen LogP) is 2.01. The van der Waals surface area contributed by atoms with E-state index in [9.17, 15) is 24.1 Å². The van der Waals surface area contributed by atoms with Gasteiger partial charge in [-0.25, -0.2) is 32.4 Å². The van der Waals surface area contributed by atoms with E-state index in [0.29, 0.717) is 4.57 Å². The summed E-state index contributed by atoms with van der Waals surface area (Å²) in [6.07, 6.45) is -4.64. The zero-order valence-corrected chi connectivity index (χ0v) is 23.1. The Bertz CT molecular complexity index is 1080.